The molecule has 23 heavy (non-hydrogen) atoms. The lowest BCUT2D eigenvalue weighted by Gasteiger charge is -2.36. The highest BCUT2D eigenvalue weighted by atomic mass is 16.2. The van der Waals surface area contributed by atoms with Gasteiger partial charge in [-0.25, -0.2) is 4.98 Å². The number of carbonyl (C=O) groups excluding carboxylic acids is 2. The molecule has 6 heteroatoms. The van der Waals surface area contributed by atoms with Gasteiger partial charge >= 0.3 is 0 Å². The molecule has 1 aromatic carbocycles. The smallest absolute Gasteiger partial charge is 0.274 e. The van der Waals surface area contributed by atoms with E-state index in [1.807, 2.05) is 31.3 Å². The Kier molecular flexibility index (Phi) is 4.23. The normalized spacial score (nSPS) is 15.7. The van der Waals surface area contributed by atoms with Gasteiger partial charge < -0.3 is 9.80 Å². The van der Waals surface area contributed by atoms with Crippen molar-refractivity contribution in [3.8, 4) is 0 Å². The monoisotopic (exact) mass is 312 g/mol. The first-order valence-electron chi connectivity index (χ1n) is 7.80. The fourth-order valence-corrected chi connectivity index (χ4v) is 2.94. The fraction of sp³-hybridized carbons (Fsp3) is 0.412. The van der Waals surface area contributed by atoms with Crippen LogP contribution >= 0.6 is 0 Å². The molecule has 2 heterocycles. The second-order valence-electron chi connectivity index (χ2n) is 5.90. The van der Waals surface area contributed by atoms with Crippen LogP contribution in [-0.2, 0) is 4.79 Å². The van der Waals surface area contributed by atoms with Gasteiger partial charge in [-0.05, 0) is 25.0 Å². The lowest BCUT2D eigenvalue weighted by atomic mass is 10.0. The number of piperidine rings is 1. The van der Waals surface area contributed by atoms with Gasteiger partial charge in [-0.15, -0.1) is 0 Å². The van der Waals surface area contributed by atoms with Crippen LogP contribution in [0.25, 0.3) is 11.0 Å². The first kappa shape index (κ1) is 15.4. The number of fused-ring (bicyclic) bond motifs is 1. The van der Waals surface area contributed by atoms with Gasteiger partial charge in [0.2, 0.25) is 5.91 Å². The molecule has 0 unspecified atom stereocenters. The van der Waals surface area contributed by atoms with E-state index in [2.05, 4.69) is 9.97 Å². The Morgan fingerprint density at radius 1 is 1.17 bits per heavy atom. The maximum absolute atomic E-state index is 12.6. The fourth-order valence-electron chi connectivity index (χ4n) is 2.94. The number of carbonyl (C=O) groups is 2. The van der Waals surface area contributed by atoms with Crippen molar-refractivity contribution in [3.63, 3.8) is 0 Å². The Labute approximate surface area is 135 Å². The Morgan fingerprint density at radius 3 is 2.48 bits per heavy atom. The zero-order chi connectivity index (χ0) is 16.4. The topological polar surface area (TPSA) is 66.4 Å². The lowest BCUT2D eigenvalue weighted by Crippen LogP contribution is -2.46. The van der Waals surface area contributed by atoms with Gasteiger partial charge in [0.1, 0.15) is 5.69 Å². The average Bonchev–Trinajstić information content (AvgIpc) is 2.60. The van der Waals surface area contributed by atoms with Crippen LogP contribution in [0, 0.1) is 0 Å². The molecule has 2 amide bonds. The van der Waals surface area contributed by atoms with Gasteiger partial charge in [-0.1, -0.05) is 12.1 Å². The van der Waals surface area contributed by atoms with Crippen molar-refractivity contribution < 1.29 is 9.59 Å². The maximum atomic E-state index is 12.6. The minimum atomic E-state index is -0.0906. The summed E-state index contributed by atoms with van der Waals surface area (Å²) < 4.78 is 0. The highest BCUT2D eigenvalue weighted by Gasteiger charge is 2.27. The summed E-state index contributed by atoms with van der Waals surface area (Å²) in [5.74, 6) is -0.0256. The maximum Gasteiger partial charge on any atom is 0.274 e. The molecule has 0 N–H and O–H groups in total. The van der Waals surface area contributed by atoms with Gasteiger partial charge in [0.25, 0.3) is 5.91 Å². The second kappa shape index (κ2) is 6.32. The minimum Gasteiger partial charge on any atom is -0.343 e. The van der Waals surface area contributed by atoms with E-state index in [4.69, 9.17) is 0 Å². The average molecular weight is 312 g/mol. The molecule has 0 bridgehead atoms. The van der Waals surface area contributed by atoms with Crippen LogP contribution in [0.5, 0.6) is 0 Å². The Hall–Kier alpha value is -2.50. The number of likely N-dealkylation sites (tertiary alicyclic amines) is 1. The zero-order valence-corrected chi connectivity index (χ0v) is 13.4. The first-order chi connectivity index (χ1) is 11.1. The Morgan fingerprint density at radius 2 is 1.83 bits per heavy atom. The van der Waals surface area contributed by atoms with Crippen molar-refractivity contribution in [2.45, 2.75) is 25.8 Å². The van der Waals surface area contributed by atoms with E-state index in [1.54, 1.807) is 22.9 Å². The summed E-state index contributed by atoms with van der Waals surface area (Å²) in [7, 11) is 1.82. The summed E-state index contributed by atoms with van der Waals surface area (Å²) in [4.78, 5) is 36.3. The van der Waals surface area contributed by atoms with Crippen LogP contribution in [0.1, 0.15) is 30.3 Å². The van der Waals surface area contributed by atoms with Crippen molar-refractivity contribution in [2.24, 2.45) is 0 Å². The second-order valence-corrected chi connectivity index (χ2v) is 5.90. The molecule has 0 atom stereocenters. The third kappa shape index (κ3) is 3.16. The molecule has 1 fully saturated rings. The predicted molar refractivity (Wildman–Crippen MR) is 86.9 cm³/mol. The van der Waals surface area contributed by atoms with E-state index in [1.165, 1.54) is 0 Å². The number of benzene rings is 1. The van der Waals surface area contributed by atoms with Crippen LogP contribution in [0.3, 0.4) is 0 Å². The summed E-state index contributed by atoms with van der Waals surface area (Å²) in [6.45, 7) is 2.84. The standard InChI is InChI=1S/C17H20N4O2/c1-12(22)20(2)13-7-9-21(10-8-13)17(23)16-11-18-14-5-3-4-6-15(14)19-16/h3-6,11,13H,7-10H2,1-2H3. The van der Waals surface area contributed by atoms with Gasteiger partial charge in [0.05, 0.1) is 17.2 Å². The quantitative estimate of drug-likeness (QED) is 0.847. The number of para-hydroxylation sites is 2. The third-order valence-corrected chi connectivity index (χ3v) is 4.46. The number of rotatable bonds is 2. The lowest BCUT2D eigenvalue weighted by molar-refractivity contribution is -0.130. The van der Waals surface area contributed by atoms with Gasteiger partial charge in [0.15, 0.2) is 0 Å². The molecule has 1 aliphatic heterocycles. The van der Waals surface area contributed by atoms with Crippen LogP contribution in [0.15, 0.2) is 30.5 Å². The van der Waals surface area contributed by atoms with Crippen molar-refractivity contribution in [3.05, 3.63) is 36.2 Å². The minimum absolute atomic E-state index is 0.0650. The van der Waals surface area contributed by atoms with E-state index < -0.39 is 0 Å². The molecule has 0 saturated carbocycles. The third-order valence-electron chi connectivity index (χ3n) is 4.46. The van der Waals surface area contributed by atoms with Crippen molar-refractivity contribution >= 4 is 22.8 Å². The van der Waals surface area contributed by atoms with Gasteiger partial charge in [-0.2, -0.15) is 0 Å². The predicted octanol–water partition coefficient (Wildman–Crippen LogP) is 1.71. The van der Waals surface area contributed by atoms with Crippen molar-refractivity contribution in [1.29, 1.82) is 0 Å². The Bertz CT molecular complexity index is 738. The molecule has 2 aromatic rings. The SMILES string of the molecule is CC(=O)N(C)C1CCN(C(=O)c2cnc3ccccc3n2)CC1. The summed E-state index contributed by atoms with van der Waals surface area (Å²) >= 11 is 0. The Balaban J connectivity index is 1.70. The summed E-state index contributed by atoms with van der Waals surface area (Å²) in [5.41, 5.74) is 1.89. The molecule has 1 aromatic heterocycles. The van der Waals surface area contributed by atoms with Crippen LogP contribution < -0.4 is 0 Å². The van der Waals surface area contributed by atoms with Crippen molar-refractivity contribution in [1.82, 2.24) is 19.8 Å². The molecular formula is C17H20N4O2. The largest absolute Gasteiger partial charge is 0.343 e. The number of aromatic nitrogens is 2. The summed E-state index contributed by atoms with van der Waals surface area (Å²) in [5, 5.41) is 0. The first-order valence-corrected chi connectivity index (χ1v) is 7.80. The summed E-state index contributed by atoms with van der Waals surface area (Å²) in [6, 6.07) is 7.72. The van der Waals surface area contributed by atoms with E-state index in [0.29, 0.717) is 18.8 Å². The highest BCUT2D eigenvalue weighted by molar-refractivity contribution is 5.93. The molecule has 1 saturated heterocycles. The van der Waals surface area contributed by atoms with E-state index in [0.717, 1.165) is 23.9 Å². The summed E-state index contributed by atoms with van der Waals surface area (Å²) in [6.07, 6.45) is 3.13. The molecule has 1 aliphatic rings. The van der Waals surface area contributed by atoms with Gasteiger partial charge in [-0.3, -0.25) is 14.6 Å². The molecular weight excluding hydrogens is 292 g/mol. The molecule has 0 spiro atoms. The van der Waals surface area contributed by atoms with E-state index in [-0.39, 0.29) is 17.9 Å². The van der Waals surface area contributed by atoms with Gasteiger partial charge in [0, 0.05) is 33.1 Å². The number of amides is 2. The molecule has 0 radical (unpaired) electrons. The molecule has 0 aliphatic carbocycles. The zero-order valence-electron chi connectivity index (χ0n) is 13.4. The van der Waals surface area contributed by atoms with Crippen molar-refractivity contribution in [2.75, 3.05) is 20.1 Å². The molecule has 120 valence electrons. The van der Waals surface area contributed by atoms with Crippen LogP contribution in [-0.4, -0.2) is 57.8 Å². The van der Waals surface area contributed by atoms with Crippen LogP contribution in [0.4, 0.5) is 0 Å². The molecule has 6 nitrogen and oxygen atoms in total. The van der Waals surface area contributed by atoms with E-state index >= 15 is 0 Å². The number of nitrogens with zero attached hydrogens (tertiary/aromatic N) is 4. The number of hydrogen-bond donors (Lipinski definition) is 0. The molecule has 3 rings (SSSR count). The number of hydrogen-bond acceptors (Lipinski definition) is 4. The van der Waals surface area contributed by atoms with E-state index in [9.17, 15) is 9.59 Å². The highest BCUT2D eigenvalue weighted by Crippen LogP contribution is 2.18. The van der Waals surface area contributed by atoms with Crippen LogP contribution in [0.2, 0.25) is 0 Å².